The molecule has 0 N–H and O–H groups in total. The Balaban J connectivity index is 1.20. The number of aryl methyl sites for hydroxylation is 1. The van der Waals surface area contributed by atoms with Gasteiger partial charge in [0.25, 0.3) is 0 Å². The first-order valence-electron chi connectivity index (χ1n) is 17.2. The Labute approximate surface area is 295 Å². The molecule has 0 aliphatic carbocycles. The van der Waals surface area contributed by atoms with E-state index >= 15 is 0 Å². The molecule has 234 valence electrons. The second-order valence-electron chi connectivity index (χ2n) is 13.4. The van der Waals surface area contributed by atoms with Gasteiger partial charge < -0.3 is 14.0 Å². The summed E-state index contributed by atoms with van der Waals surface area (Å²) in [5.74, 6) is 0. The number of benzene rings is 7. The van der Waals surface area contributed by atoms with Crippen molar-refractivity contribution in [2.24, 2.45) is 0 Å². The standard InChI is InChI=1S/C45H30BN3S/c1-29-26-39-42-41(27-29)50-40-28-33(47(30-14-5-2-6-15-30)31-16-7-3-8-17-31)24-25-36(40)46(42)37-22-13-21-35-43(37)49(39)44-34-20-11-12-23-38(34)48(45(35)44)32-18-9-4-10-19-32/h2-28H,1H3. The van der Waals surface area contributed by atoms with Gasteiger partial charge in [-0.25, -0.2) is 0 Å². The highest BCUT2D eigenvalue weighted by atomic mass is 32.2. The van der Waals surface area contributed by atoms with Gasteiger partial charge in [0, 0.05) is 49.0 Å². The minimum Gasteiger partial charge on any atom is -0.310 e. The molecule has 9 aromatic rings. The molecule has 0 bridgehead atoms. The van der Waals surface area contributed by atoms with Crippen LogP contribution >= 0.6 is 11.8 Å². The van der Waals surface area contributed by atoms with Crippen molar-refractivity contribution in [2.45, 2.75) is 16.7 Å². The number of fused-ring (bicyclic) bond motifs is 9. The fourth-order valence-corrected chi connectivity index (χ4v) is 9.92. The number of para-hydroxylation sites is 5. The van der Waals surface area contributed by atoms with E-state index in [-0.39, 0.29) is 6.71 Å². The average Bonchev–Trinajstić information content (AvgIpc) is 3.68. The lowest BCUT2D eigenvalue weighted by molar-refractivity contribution is 1.16. The second kappa shape index (κ2) is 10.5. The molecule has 7 aromatic carbocycles. The largest absolute Gasteiger partial charge is 0.310 e. The highest BCUT2D eigenvalue weighted by molar-refractivity contribution is 8.00. The molecule has 11 rings (SSSR count). The summed E-state index contributed by atoms with van der Waals surface area (Å²) in [6.45, 7) is 2.38. The van der Waals surface area contributed by atoms with Crippen LogP contribution in [0, 0.1) is 6.92 Å². The van der Waals surface area contributed by atoms with E-state index in [1.807, 2.05) is 11.8 Å². The van der Waals surface area contributed by atoms with Crippen molar-refractivity contribution in [1.82, 2.24) is 9.13 Å². The smallest absolute Gasteiger partial charge is 0.249 e. The topological polar surface area (TPSA) is 13.1 Å². The van der Waals surface area contributed by atoms with Crippen molar-refractivity contribution in [2.75, 3.05) is 4.90 Å². The molecule has 0 saturated carbocycles. The third-order valence-corrected chi connectivity index (χ3v) is 11.7. The molecule has 50 heavy (non-hydrogen) atoms. The first kappa shape index (κ1) is 28.0. The predicted molar refractivity (Wildman–Crippen MR) is 212 cm³/mol. The molecule has 0 saturated heterocycles. The molecule has 3 nitrogen and oxygen atoms in total. The molecule has 0 unspecified atom stereocenters. The zero-order valence-electron chi connectivity index (χ0n) is 27.4. The van der Waals surface area contributed by atoms with Crippen LogP contribution in [-0.2, 0) is 0 Å². The normalized spacial score (nSPS) is 12.8. The van der Waals surface area contributed by atoms with E-state index in [2.05, 4.69) is 185 Å². The van der Waals surface area contributed by atoms with Crippen molar-refractivity contribution in [3.63, 3.8) is 0 Å². The van der Waals surface area contributed by atoms with E-state index in [1.165, 1.54) is 76.0 Å². The minimum atomic E-state index is 0.138. The van der Waals surface area contributed by atoms with Crippen molar-refractivity contribution in [3.8, 4) is 11.4 Å². The Kier molecular flexibility index (Phi) is 5.90. The quantitative estimate of drug-likeness (QED) is 0.175. The number of hydrogen-bond acceptors (Lipinski definition) is 2. The first-order valence-corrected chi connectivity index (χ1v) is 18.0. The van der Waals surface area contributed by atoms with Crippen molar-refractivity contribution < 1.29 is 0 Å². The molecule has 2 aliphatic rings. The molecule has 0 amide bonds. The van der Waals surface area contributed by atoms with Gasteiger partial charge in [-0.05, 0) is 90.1 Å². The summed E-state index contributed by atoms with van der Waals surface area (Å²) in [5, 5.41) is 2.57. The fourth-order valence-electron chi connectivity index (χ4n) is 8.62. The summed E-state index contributed by atoms with van der Waals surface area (Å²) in [6, 6.07) is 60.0. The molecule has 0 fully saturated rings. The van der Waals surface area contributed by atoms with Crippen LogP contribution in [0.15, 0.2) is 174 Å². The summed E-state index contributed by atoms with van der Waals surface area (Å²) in [5.41, 5.74) is 16.5. The van der Waals surface area contributed by atoms with Crippen molar-refractivity contribution >= 4 is 84.8 Å². The number of hydrogen-bond donors (Lipinski definition) is 0. The van der Waals surface area contributed by atoms with Crippen LogP contribution in [0.2, 0.25) is 0 Å². The maximum atomic E-state index is 2.59. The second-order valence-corrected chi connectivity index (χ2v) is 14.5. The lowest BCUT2D eigenvalue weighted by atomic mass is 9.35. The van der Waals surface area contributed by atoms with E-state index in [9.17, 15) is 0 Å². The monoisotopic (exact) mass is 655 g/mol. The van der Waals surface area contributed by atoms with Crippen LogP contribution in [0.5, 0.6) is 0 Å². The molecule has 4 heterocycles. The Hall–Kier alpha value is -5.91. The van der Waals surface area contributed by atoms with Crippen LogP contribution in [0.25, 0.3) is 44.2 Å². The number of nitrogens with zero attached hydrogens (tertiary/aromatic N) is 3. The maximum Gasteiger partial charge on any atom is 0.249 e. The summed E-state index contributed by atoms with van der Waals surface area (Å²) < 4.78 is 5.07. The number of rotatable bonds is 4. The van der Waals surface area contributed by atoms with Gasteiger partial charge in [-0.2, -0.15) is 0 Å². The van der Waals surface area contributed by atoms with Gasteiger partial charge in [-0.3, -0.25) is 0 Å². The maximum absolute atomic E-state index is 2.59. The third-order valence-electron chi connectivity index (χ3n) is 10.6. The average molecular weight is 656 g/mol. The van der Waals surface area contributed by atoms with Gasteiger partial charge in [0.15, 0.2) is 0 Å². The molecular formula is C45H30BN3S. The Morgan fingerprint density at radius 2 is 1.16 bits per heavy atom. The highest BCUT2D eigenvalue weighted by Gasteiger charge is 2.40. The Morgan fingerprint density at radius 1 is 0.500 bits per heavy atom. The van der Waals surface area contributed by atoms with Gasteiger partial charge in [0.1, 0.15) is 0 Å². The number of anilines is 3. The van der Waals surface area contributed by atoms with Crippen LogP contribution in [0.3, 0.4) is 0 Å². The third kappa shape index (κ3) is 3.84. The van der Waals surface area contributed by atoms with Gasteiger partial charge in [-0.1, -0.05) is 114 Å². The van der Waals surface area contributed by atoms with Crippen LogP contribution in [-0.4, -0.2) is 15.8 Å². The number of aromatic nitrogens is 2. The zero-order valence-corrected chi connectivity index (χ0v) is 28.2. The van der Waals surface area contributed by atoms with Gasteiger partial charge in [0.2, 0.25) is 6.71 Å². The Bertz CT molecular complexity index is 2760. The summed E-state index contributed by atoms with van der Waals surface area (Å²) >= 11 is 1.92. The van der Waals surface area contributed by atoms with Crippen LogP contribution in [0.1, 0.15) is 5.56 Å². The van der Waals surface area contributed by atoms with E-state index in [0.717, 1.165) is 17.1 Å². The van der Waals surface area contributed by atoms with Crippen LogP contribution in [0.4, 0.5) is 17.1 Å². The van der Waals surface area contributed by atoms with E-state index in [4.69, 9.17) is 0 Å². The van der Waals surface area contributed by atoms with E-state index in [1.54, 1.807) is 0 Å². The fraction of sp³-hybridized carbons (Fsp3) is 0.0222. The van der Waals surface area contributed by atoms with E-state index < -0.39 is 0 Å². The van der Waals surface area contributed by atoms with Crippen LogP contribution < -0.4 is 21.3 Å². The molecule has 0 atom stereocenters. The molecular weight excluding hydrogens is 625 g/mol. The van der Waals surface area contributed by atoms with Crippen molar-refractivity contribution in [3.05, 3.63) is 169 Å². The van der Waals surface area contributed by atoms with Gasteiger partial charge in [-0.15, -0.1) is 0 Å². The zero-order chi connectivity index (χ0) is 32.9. The lowest BCUT2D eigenvalue weighted by Crippen LogP contribution is -2.58. The van der Waals surface area contributed by atoms with Crippen molar-refractivity contribution in [1.29, 1.82) is 0 Å². The van der Waals surface area contributed by atoms with E-state index in [0.29, 0.717) is 0 Å². The lowest BCUT2D eigenvalue weighted by Gasteiger charge is -2.34. The summed E-state index contributed by atoms with van der Waals surface area (Å²) in [6.07, 6.45) is 0. The molecule has 0 spiro atoms. The summed E-state index contributed by atoms with van der Waals surface area (Å²) in [4.78, 5) is 5.02. The van der Waals surface area contributed by atoms with Gasteiger partial charge >= 0.3 is 0 Å². The predicted octanol–water partition coefficient (Wildman–Crippen LogP) is 9.80. The minimum absolute atomic E-state index is 0.138. The molecule has 2 aliphatic heterocycles. The highest BCUT2D eigenvalue weighted by Crippen LogP contribution is 2.44. The van der Waals surface area contributed by atoms with Gasteiger partial charge in [0.05, 0.1) is 22.1 Å². The first-order chi connectivity index (χ1) is 24.7. The molecule has 0 radical (unpaired) electrons. The Morgan fingerprint density at radius 3 is 1.92 bits per heavy atom. The molecule has 2 aromatic heterocycles. The SMILES string of the molecule is Cc1cc2c3c(c1)-n1c4c(cccc4c4c1c1ccccc1n4-c1ccccc1)B3c1ccc(N(c3ccccc3)c3ccccc3)cc1S2. The summed E-state index contributed by atoms with van der Waals surface area (Å²) in [7, 11) is 0. The molecule has 5 heteroatoms.